The highest BCUT2D eigenvalue weighted by Crippen LogP contribution is 2.43. The van der Waals surface area contributed by atoms with E-state index in [2.05, 4.69) is 38.2 Å². The maximum atomic E-state index is 13.2. The Morgan fingerprint density at radius 1 is 1.14 bits per heavy atom. The number of hydrogen-bond acceptors (Lipinski definition) is 1. The molecular weight excluding hydrogens is 261 g/mol. The van der Waals surface area contributed by atoms with Crippen LogP contribution in [-0.4, -0.2) is 6.54 Å². The van der Waals surface area contributed by atoms with Gasteiger partial charge < -0.3 is 5.32 Å². The van der Waals surface area contributed by atoms with E-state index in [-0.39, 0.29) is 17.3 Å². The van der Waals surface area contributed by atoms with Crippen LogP contribution in [0.2, 0.25) is 0 Å². The number of benzene rings is 1. The summed E-state index contributed by atoms with van der Waals surface area (Å²) in [6.45, 7) is 7.79. The largest absolute Gasteiger partial charge is 0.309 e. The molecule has 114 valence electrons. The van der Waals surface area contributed by atoms with Gasteiger partial charge >= 0.3 is 0 Å². The van der Waals surface area contributed by atoms with Crippen LogP contribution in [0.3, 0.4) is 0 Å². The van der Waals surface area contributed by atoms with E-state index >= 15 is 0 Å². The summed E-state index contributed by atoms with van der Waals surface area (Å²) < 4.78 is 13.2. The molecule has 1 aromatic carbocycles. The second-order valence-electron chi connectivity index (χ2n) is 7.80. The highest BCUT2D eigenvalue weighted by Gasteiger charge is 2.36. The lowest BCUT2D eigenvalue weighted by molar-refractivity contribution is 0.252. The third-order valence-electron chi connectivity index (χ3n) is 5.07. The molecule has 2 aliphatic carbocycles. The van der Waals surface area contributed by atoms with Crippen molar-refractivity contribution in [3.63, 3.8) is 0 Å². The summed E-state index contributed by atoms with van der Waals surface area (Å²) in [5.41, 5.74) is 1.30. The van der Waals surface area contributed by atoms with Crippen molar-refractivity contribution in [2.45, 2.75) is 39.7 Å². The number of allylic oxidation sites excluding steroid dienone is 2. The summed E-state index contributed by atoms with van der Waals surface area (Å²) in [6, 6.07) is 7.23. The summed E-state index contributed by atoms with van der Waals surface area (Å²) in [5.74, 6) is 2.20. The number of halogens is 1. The van der Waals surface area contributed by atoms with E-state index in [0.717, 1.165) is 24.3 Å². The van der Waals surface area contributed by atoms with Crippen molar-refractivity contribution in [1.29, 1.82) is 0 Å². The molecule has 0 aromatic heterocycles. The van der Waals surface area contributed by atoms with Crippen molar-refractivity contribution >= 4 is 0 Å². The smallest absolute Gasteiger partial charge is 0.123 e. The molecule has 4 unspecified atom stereocenters. The Labute approximate surface area is 127 Å². The molecule has 1 fully saturated rings. The Bertz CT molecular complexity index is 511. The fourth-order valence-corrected chi connectivity index (χ4v) is 3.98. The van der Waals surface area contributed by atoms with Crippen molar-refractivity contribution in [2.24, 2.45) is 23.2 Å². The van der Waals surface area contributed by atoms with Gasteiger partial charge in [-0.3, -0.25) is 0 Å². The molecule has 1 N–H and O–H groups in total. The summed E-state index contributed by atoms with van der Waals surface area (Å²) >= 11 is 0. The number of hydrogen-bond donors (Lipinski definition) is 1. The molecule has 0 saturated heterocycles. The van der Waals surface area contributed by atoms with E-state index in [9.17, 15) is 4.39 Å². The van der Waals surface area contributed by atoms with Crippen molar-refractivity contribution < 1.29 is 4.39 Å². The van der Waals surface area contributed by atoms with E-state index in [4.69, 9.17) is 0 Å². The SMILES string of the molecule is CC(C)(C)C(NCC1CC2C=CC1C2)c1ccc(F)cc1. The van der Waals surface area contributed by atoms with Crippen molar-refractivity contribution in [2.75, 3.05) is 6.54 Å². The van der Waals surface area contributed by atoms with Gasteiger partial charge in [-0.1, -0.05) is 45.1 Å². The maximum absolute atomic E-state index is 13.2. The topological polar surface area (TPSA) is 12.0 Å². The summed E-state index contributed by atoms with van der Waals surface area (Å²) in [5, 5.41) is 3.77. The summed E-state index contributed by atoms with van der Waals surface area (Å²) in [4.78, 5) is 0. The highest BCUT2D eigenvalue weighted by atomic mass is 19.1. The first-order valence-electron chi connectivity index (χ1n) is 8.10. The molecule has 2 heteroatoms. The molecule has 0 amide bonds. The quantitative estimate of drug-likeness (QED) is 0.790. The Morgan fingerprint density at radius 2 is 1.86 bits per heavy atom. The van der Waals surface area contributed by atoms with E-state index in [1.54, 1.807) is 12.1 Å². The first-order chi connectivity index (χ1) is 9.93. The van der Waals surface area contributed by atoms with E-state index in [1.165, 1.54) is 18.4 Å². The van der Waals surface area contributed by atoms with Gasteiger partial charge in [0, 0.05) is 6.04 Å². The predicted octanol–water partition coefficient (Wildman–Crippen LogP) is 4.71. The maximum Gasteiger partial charge on any atom is 0.123 e. The van der Waals surface area contributed by atoms with Gasteiger partial charge in [-0.05, 0) is 60.3 Å². The van der Waals surface area contributed by atoms with Crippen LogP contribution in [0.5, 0.6) is 0 Å². The Kier molecular flexibility index (Phi) is 3.92. The minimum Gasteiger partial charge on any atom is -0.309 e. The lowest BCUT2D eigenvalue weighted by atomic mass is 9.81. The van der Waals surface area contributed by atoms with Crippen LogP contribution in [0.25, 0.3) is 0 Å². The van der Waals surface area contributed by atoms with Crippen LogP contribution >= 0.6 is 0 Å². The van der Waals surface area contributed by atoms with Gasteiger partial charge in [0.15, 0.2) is 0 Å². The molecule has 0 aliphatic heterocycles. The minimum absolute atomic E-state index is 0.116. The molecule has 0 radical (unpaired) electrons. The highest BCUT2D eigenvalue weighted by molar-refractivity contribution is 5.22. The molecule has 2 aliphatic rings. The monoisotopic (exact) mass is 287 g/mol. The van der Waals surface area contributed by atoms with Crippen LogP contribution in [0.15, 0.2) is 36.4 Å². The molecule has 0 spiro atoms. The molecule has 0 heterocycles. The average Bonchev–Trinajstić information content (AvgIpc) is 3.02. The number of fused-ring (bicyclic) bond motifs is 2. The second kappa shape index (κ2) is 5.57. The second-order valence-corrected chi connectivity index (χ2v) is 7.80. The summed E-state index contributed by atoms with van der Waals surface area (Å²) in [7, 11) is 0. The van der Waals surface area contributed by atoms with Gasteiger partial charge in [0.25, 0.3) is 0 Å². The van der Waals surface area contributed by atoms with Gasteiger partial charge in [0.2, 0.25) is 0 Å². The van der Waals surface area contributed by atoms with E-state index < -0.39 is 0 Å². The fourth-order valence-electron chi connectivity index (χ4n) is 3.98. The molecule has 1 nitrogen and oxygen atoms in total. The van der Waals surface area contributed by atoms with Crippen molar-refractivity contribution in [3.05, 3.63) is 47.8 Å². The van der Waals surface area contributed by atoms with Crippen LogP contribution in [0.1, 0.15) is 45.2 Å². The van der Waals surface area contributed by atoms with Gasteiger partial charge in [0.05, 0.1) is 0 Å². The minimum atomic E-state index is -0.162. The molecule has 2 bridgehead atoms. The van der Waals surface area contributed by atoms with E-state index in [0.29, 0.717) is 0 Å². The van der Waals surface area contributed by atoms with Gasteiger partial charge in [0.1, 0.15) is 5.82 Å². The van der Waals surface area contributed by atoms with Gasteiger partial charge in [-0.2, -0.15) is 0 Å². The van der Waals surface area contributed by atoms with Crippen LogP contribution in [-0.2, 0) is 0 Å². The molecule has 21 heavy (non-hydrogen) atoms. The Balaban J connectivity index is 1.69. The third-order valence-corrected chi connectivity index (χ3v) is 5.07. The van der Waals surface area contributed by atoms with Crippen LogP contribution in [0, 0.1) is 29.0 Å². The molecule has 4 atom stereocenters. The predicted molar refractivity (Wildman–Crippen MR) is 85.4 cm³/mol. The van der Waals surface area contributed by atoms with Gasteiger partial charge in [-0.25, -0.2) is 4.39 Å². The van der Waals surface area contributed by atoms with Crippen molar-refractivity contribution in [1.82, 2.24) is 5.32 Å². The lowest BCUT2D eigenvalue weighted by Gasteiger charge is -2.34. The number of nitrogens with one attached hydrogen (secondary N) is 1. The normalized spacial score (nSPS) is 29.0. The van der Waals surface area contributed by atoms with E-state index in [1.807, 2.05) is 12.1 Å². The van der Waals surface area contributed by atoms with Crippen molar-refractivity contribution in [3.8, 4) is 0 Å². The molecule has 3 rings (SSSR count). The van der Waals surface area contributed by atoms with Crippen LogP contribution in [0.4, 0.5) is 4.39 Å². The third kappa shape index (κ3) is 3.21. The zero-order valence-corrected chi connectivity index (χ0v) is 13.3. The molecule has 1 aromatic rings. The first-order valence-corrected chi connectivity index (χ1v) is 8.10. The molecular formula is C19H26FN. The Morgan fingerprint density at radius 3 is 2.38 bits per heavy atom. The lowest BCUT2D eigenvalue weighted by Crippen LogP contribution is -2.36. The first kappa shape index (κ1) is 14.8. The molecule has 1 saturated carbocycles. The fraction of sp³-hybridized carbons (Fsp3) is 0.579. The van der Waals surface area contributed by atoms with Crippen LogP contribution < -0.4 is 5.32 Å². The Hall–Kier alpha value is -1.15. The number of rotatable bonds is 4. The van der Waals surface area contributed by atoms with Gasteiger partial charge in [-0.15, -0.1) is 0 Å². The summed E-state index contributed by atoms with van der Waals surface area (Å²) in [6.07, 6.45) is 7.48. The zero-order chi connectivity index (χ0) is 15.0. The average molecular weight is 287 g/mol. The standard InChI is InChI=1S/C19H26FN/c1-19(2,3)18(14-6-8-17(20)9-7-14)21-12-16-11-13-4-5-15(16)10-13/h4-9,13,15-16,18,21H,10-12H2,1-3H3. The zero-order valence-electron chi connectivity index (χ0n) is 13.3.